The molecule has 0 unspecified atom stereocenters. The van der Waals surface area contributed by atoms with Crippen LogP contribution in [0.3, 0.4) is 0 Å². The molecule has 146 valence electrons. The highest BCUT2D eigenvalue weighted by Crippen LogP contribution is 2.30. The van der Waals surface area contributed by atoms with Gasteiger partial charge in [-0.1, -0.05) is 36.4 Å². The van der Waals surface area contributed by atoms with Crippen LogP contribution in [0.1, 0.15) is 11.3 Å². The topological polar surface area (TPSA) is 54.7 Å². The first-order valence-electron chi connectivity index (χ1n) is 9.30. The summed E-state index contributed by atoms with van der Waals surface area (Å²) in [4.78, 5) is 8.83. The first kappa shape index (κ1) is 19.0. The Morgan fingerprint density at radius 3 is 2.79 bits per heavy atom. The quantitative estimate of drug-likeness (QED) is 0.359. The number of nitrogens with zero attached hydrogens (tertiary/aromatic N) is 3. The second kappa shape index (κ2) is 8.32. The van der Waals surface area contributed by atoms with Crippen LogP contribution in [0, 0.1) is 6.92 Å². The molecule has 0 fully saturated rings. The number of methoxy groups -OCH3 is 1. The molecule has 0 aliphatic heterocycles. The number of H-pyrrole nitrogens is 1. The van der Waals surface area contributed by atoms with E-state index in [9.17, 15) is 0 Å². The molecule has 0 bridgehead atoms. The van der Waals surface area contributed by atoms with E-state index in [-0.39, 0.29) is 0 Å². The molecule has 0 saturated carbocycles. The van der Waals surface area contributed by atoms with Crippen molar-refractivity contribution in [3.05, 3.63) is 82.6 Å². The largest absolute Gasteiger partial charge is 0.496 e. The molecule has 0 radical (unpaired) electrons. The number of nitrogens with one attached hydrogen (secondary N) is 1. The SMILES string of the molecule is C=CCN=c1scc(-c2ccccc2OC)n1N=Cc1c(C)[nH]c2ccccc12. The van der Waals surface area contributed by atoms with Crippen molar-refractivity contribution in [2.75, 3.05) is 13.7 Å². The van der Waals surface area contributed by atoms with Crippen LogP contribution in [0.5, 0.6) is 5.75 Å². The maximum atomic E-state index is 5.56. The second-order valence-electron chi connectivity index (χ2n) is 6.50. The van der Waals surface area contributed by atoms with Gasteiger partial charge in [0.05, 0.1) is 25.6 Å². The van der Waals surface area contributed by atoms with Crippen molar-refractivity contribution in [3.8, 4) is 17.0 Å². The van der Waals surface area contributed by atoms with Crippen molar-refractivity contribution < 1.29 is 4.74 Å². The summed E-state index contributed by atoms with van der Waals surface area (Å²) in [6, 6.07) is 16.2. The summed E-state index contributed by atoms with van der Waals surface area (Å²) in [7, 11) is 1.68. The zero-order valence-electron chi connectivity index (χ0n) is 16.4. The smallest absolute Gasteiger partial charge is 0.206 e. The van der Waals surface area contributed by atoms with Gasteiger partial charge >= 0.3 is 0 Å². The fourth-order valence-corrected chi connectivity index (χ4v) is 4.12. The van der Waals surface area contributed by atoms with E-state index in [1.807, 2.05) is 47.3 Å². The lowest BCUT2D eigenvalue weighted by Gasteiger charge is -2.08. The highest BCUT2D eigenvalue weighted by Gasteiger charge is 2.12. The van der Waals surface area contributed by atoms with Crippen LogP contribution >= 0.6 is 11.3 Å². The van der Waals surface area contributed by atoms with Gasteiger partial charge in [0.25, 0.3) is 0 Å². The van der Waals surface area contributed by atoms with E-state index in [4.69, 9.17) is 9.84 Å². The monoisotopic (exact) mass is 402 g/mol. The summed E-state index contributed by atoms with van der Waals surface area (Å²) >= 11 is 1.55. The molecule has 2 aromatic carbocycles. The van der Waals surface area contributed by atoms with Crippen LogP contribution in [0.4, 0.5) is 0 Å². The normalized spacial score (nSPS) is 12.1. The Kier molecular flexibility index (Phi) is 5.44. The van der Waals surface area contributed by atoms with E-state index in [2.05, 4.69) is 41.0 Å². The highest BCUT2D eigenvalue weighted by atomic mass is 32.1. The Balaban J connectivity index is 1.87. The van der Waals surface area contributed by atoms with Gasteiger partial charge in [-0.2, -0.15) is 5.10 Å². The zero-order chi connectivity index (χ0) is 20.2. The lowest BCUT2D eigenvalue weighted by atomic mass is 10.1. The Hall–Kier alpha value is -3.38. The van der Waals surface area contributed by atoms with Crippen molar-refractivity contribution in [1.82, 2.24) is 9.66 Å². The molecule has 2 aromatic heterocycles. The van der Waals surface area contributed by atoms with E-state index in [0.717, 1.165) is 44.0 Å². The third-order valence-corrected chi connectivity index (χ3v) is 5.52. The standard InChI is InChI=1S/C23H22N4OS/c1-4-13-24-23-27(21(15-29-23)18-10-6-8-12-22(18)28-3)25-14-19-16(2)26-20-11-7-5-9-17(19)20/h4-12,14-15,26H,1,13H2,2-3H3. The summed E-state index contributed by atoms with van der Waals surface area (Å²) in [6.45, 7) is 6.36. The van der Waals surface area contributed by atoms with Crippen LogP contribution in [-0.2, 0) is 0 Å². The number of thiazole rings is 1. The molecular formula is C23H22N4OS. The average Bonchev–Trinajstić information content (AvgIpc) is 3.30. The lowest BCUT2D eigenvalue weighted by molar-refractivity contribution is 0.416. The van der Waals surface area contributed by atoms with E-state index in [0.29, 0.717) is 6.54 Å². The van der Waals surface area contributed by atoms with Crippen LogP contribution in [0.15, 0.2) is 76.7 Å². The van der Waals surface area contributed by atoms with Crippen LogP contribution < -0.4 is 9.54 Å². The van der Waals surface area contributed by atoms with Gasteiger partial charge < -0.3 is 9.72 Å². The fraction of sp³-hybridized carbons (Fsp3) is 0.130. The maximum absolute atomic E-state index is 5.56. The molecule has 0 atom stereocenters. The molecule has 4 aromatic rings. The van der Waals surface area contributed by atoms with E-state index in [1.54, 1.807) is 24.5 Å². The molecule has 2 heterocycles. The average molecular weight is 403 g/mol. The molecule has 5 nitrogen and oxygen atoms in total. The number of fused-ring (bicyclic) bond motifs is 1. The molecule has 29 heavy (non-hydrogen) atoms. The van der Waals surface area contributed by atoms with E-state index in [1.165, 1.54) is 0 Å². The molecule has 0 spiro atoms. The van der Waals surface area contributed by atoms with Crippen molar-refractivity contribution in [2.24, 2.45) is 10.1 Å². The van der Waals surface area contributed by atoms with E-state index >= 15 is 0 Å². The van der Waals surface area contributed by atoms with Gasteiger partial charge in [-0.3, -0.25) is 4.99 Å². The predicted molar refractivity (Wildman–Crippen MR) is 121 cm³/mol. The van der Waals surface area contributed by atoms with Gasteiger partial charge in [0.1, 0.15) is 5.75 Å². The van der Waals surface area contributed by atoms with Crippen molar-refractivity contribution in [1.29, 1.82) is 0 Å². The van der Waals surface area contributed by atoms with Gasteiger partial charge in [-0.25, -0.2) is 4.68 Å². The van der Waals surface area contributed by atoms with Crippen LogP contribution in [0.25, 0.3) is 22.2 Å². The fourth-order valence-electron chi connectivity index (χ4n) is 3.28. The number of aromatic nitrogens is 2. The minimum Gasteiger partial charge on any atom is -0.496 e. The molecule has 0 aliphatic rings. The summed E-state index contributed by atoms with van der Waals surface area (Å²) in [5, 5.41) is 8.02. The Morgan fingerprint density at radius 1 is 1.17 bits per heavy atom. The number of para-hydroxylation sites is 2. The van der Waals surface area contributed by atoms with Gasteiger partial charge in [0, 0.05) is 33.1 Å². The molecular weight excluding hydrogens is 380 g/mol. The second-order valence-corrected chi connectivity index (χ2v) is 7.34. The molecule has 4 rings (SSSR count). The summed E-state index contributed by atoms with van der Waals surface area (Å²) < 4.78 is 7.43. The number of benzene rings is 2. The Bertz CT molecular complexity index is 1260. The number of ether oxygens (including phenoxy) is 1. The lowest BCUT2D eigenvalue weighted by Crippen LogP contribution is -2.12. The number of aromatic amines is 1. The van der Waals surface area contributed by atoms with Gasteiger partial charge in [-0.15, -0.1) is 17.9 Å². The minimum absolute atomic E-state index is 0.535. The summed E-state index contributed by atoms with van der Waals surface area (Å²) in [6.07, 6.45) is 3.67. The number of hydrogen-bond donors (Lipinski definition) is 1. The van der Waals surface area contributed by atoms with Crippen molar-refractivity contribution in [3.63, 3.8) is 0 Å². The first-order valence-corrected chi connectivity index (χ1v) is 10.2. The van der Waals surface area contributed by atoms with Gasteiger partial charge in [0.15, 0.2) is 0 Å². The van der Waals surface area contributed by atoms with E-state index < -0.39 is 0 Å². The number of rotatable bonds is 6. The molecule has 0 saturated heterocycles. The first-order chi connectivity index (χ1) is 14.2. The maximum Gasteiger partial charge on any atom is 0.206 e. The van der Waals surface area contributed by atoms with Crippen molar-refractivity contribution in [2.45, 2.75) is 6.92 Å². The highest BCUT2D eigenvalue weighted by molar-refractivity contribution is 7.07. The molecule has 0 amide bonds. The zero-order valence-corrected chi connectivity index (χ0v) is 17.2. The van der Waals surface area contributed by atoms with Gasteiger partial charge in [-0.05, 0) is 25.1 Å². The third kappa shape index (κ3) is 3.67. The third-order valence-electron chi connectivity index (χ3n) is 4.67. The van der Waals surface area contributed by atoms with Gasteiger partial charge in [0.2, 0.25) is 4.80 Å². The number of aryl methyl sites for hydroxylation is 1. The minimum atomic E-state index is 0.535. The van der Waals surface area contributed by atoms with Crippen LogP contribution in [0.2, 0.25) is 0 Å². The molecule has 1 N–H and O–H groups in total. The molecule has 0 aliphatic carbocycles. The Morgan fingerprint density at radius 2 is 1.97 bits per heavy atom. The number of hydrogen-bond acceptors (Lipinski definition) is 4. The van der Waals surface area contributed by atoms with Crippen molar-refractivity contribution >= 4 is 28.5 Å². The predicted octanol–water partition coefficient (Wildman–Crippen LogP) is 4.98. The summed E-state index contributed by atoms with van der Waals surface area (Å²) in [5.41, 5.74) is 5.15. The Labute approximate surface area is 173 Å². The van der Waals surface area contributed by atoms with Crippen LogP contribution in [-0.4, -0.2) is 29.5 Å². The summed E-state index contributed by atoms with van der Waals surface area (Å²) in [5.74, 6) is 0.799. The molecule has 6 heteroatoms.